The summed E-state index contributed by atoms with van der Waals surface area (Å²) in [5.41, 5.74) is 6.46. The molecule has 0 bridgehead atoms. The molecular formula is C33H47FNO2+. The fourth-order valence-corrected chi connectivity index (χ4v) is 3.96. The third-order valence-electron chi connectivity index (χ3n) is 6.41. The molecule has 3 aromatic rings. The third-order valence-corrected chi connectivity index (χ3v) is 6.41. The van der Waals surface area contributed by atoms with Gasteiger partial charge in [0.1, 0.15) is 12.4 Å². The van der Waals surface area contributed by atoms with Crippen LogP contribution < -0.4 is 5.32 Å². The van der Waals surface area contributed by atoms with Gasteiger partial charge in [0.2, 0.25) is 6.10 Å². The van der Waals surface area contributed by atoms with Crippen LogP contribution in [0.4, 0.5) is 10.1 Å². The molecule has 3 aromatic carbocycles. The first-order valence-electron chi connectivity index (χ1n) is 13.5. The van der Waals surface area contributed by atoms with Crippen molar-refractivity contribution in [2.24, 2.45) is 0 Å². The highest BCUT2D eigenvalue weighted by Crippen LogP contribution is 2.21. The maximum absolute atomic E-state index is 12.2. The molecule has 37 heavy (non-hydrogen) atoms. The average Bonchev–Trinajstić information content (AvgIpc) is 2.92. The number of ether oxygens (including phenoxy) is 1. The third kappa shape index (κ3) is 13.2. The summed E-state index contributed by atoms with van der Waals surface area (Å²) in [7, 11) is 1.95. The molecule has 2 atom stereocenters. The van der Waals surface area contributed by atoms with Crippen molar-refractivity contribution in [3.63, 3.8) is 0 Å². The molecule has 0 saturated carbocycles. The summed E-state index contributed by atoms with van der Waals surface area (Å²) >= 11 is 0. The van der Waals surface area contributed by atoms with Gasteiger partial charge in [0, 0.05) is 25.6 Å². The maximum Gasteiger partial charge on any atom is 0.211 e. The number of benzene rings is 3. The monoisotopic (exact) mass is 508 g/mol. The first-order valence-corrected chi connectivity index (χ1v) is 13.5. The van der Waals surface area contributed by atoms with Gasteiger partial charge in [-0.05, 0) is 73.4 Å². The number of rotatable bonds is 11. The normalized spacial score (nSPS) is 11.8. The molecule has 0 spiro atoms. The zero-order valence-corrected chi connectivity index (χ0v) is 23.6. The van der Waals surface area contributed by atoms with Crippen LogP contribution in [0.5, 0.6) is 0 Å². The van der Waals surface area contributed by atoms with E-state index in [4.69, 9.17) is 0 Å². The summed E-state index contributed by atoms with van der Waals surface area (Å²) in [6, 6.07) is 23.5. The minimum atomic E-state index is -0.160. The SMILES string of the molecule is CCC(C=O)[OH+]CCCCC(C)c1ccccc1.CCc1ccc(F)cc1.CNc1c(C)cccc1C. The zero-order valence-electron chi connectivity index (χ0n) is 23.6. The van der Waals surface area contributed by atoms with Gasteiger partial charge in [-0.1, -0.05) is 81.4 Å². The van der Waals surface area contributed by atoms with Crippen molar-refractivity contribution in [1.29, 1.82) is 0 Å². The van der Waals surface area contributed by atoms with E-state index in [-0.39, 0.29) is 11.9 Å². The van der Waals surface area contributed by atoms with Crippen LogP contribution in [0.2, 0.25) is 0 Å². The van der Waals surface area contributed by atoms with Gasteiger partial charge in [0.05, 0.1) is 0 Å². The first-order chi connectivity index (χ1) is 17.9. The van der Waals surface area contributed by atoms with Crippen LogP contribution in [0.25, 0.3) is 0 Å². The Morgan fingerprint density at radius 1 is 0.892 bits per heavy atom. The first kappa shape index (κ1) is 32.0. The molecule has 2 unspecified atom stereocenters. The molecule has 0 aliphatic rings. The quantitative estimate of drug-likeness (QED) is 0.161. The number of nitrogens with one attached hydrogen (secondary N) is 1. The summed E-state index contributed by atoms with van der Waals surface area (Å²) in [4.78, 5) is 10.6. The smallest absolute Gasteiger partial charge is 0.211 e. The van der Waals surface area contributed by atoms with Crippen molar-refractivity contribution in [2.75, 3.05) is 19.0 Å². The fourth-order valence-electron chi connectivity index (χ4n) is 3.96. The molecule has 0 aliphatic carbocycles. The highest BCUT2D eigenvalue weighted by Gasteiger charge is 2.09. The van der Waals surface area contributed by atoms with Gasteiger partial charge < -0.3 is 10.1 Å². The maximum atomic E-state index is 12.2. The van der Waals surface area contributed by atoms with Crippen LogP contribution in [0, 0.1) is 19.7 Å². The summed E-state index contributed by atoms with van der Waals surface area (Å²) in [6.45, 7) is 11.4. The number of aldehydes is 1. The Morgan fingerprint density at radius 3 is 2.00 bits per heavy atom. The van der Waals surface area contributed by atoms with Crippen molar-refractivity contribution in [3.8, 4) is 0 Å². The number of unbranched alkanes of at least 4 members (excludes halogenated alkanes) is 1. The Balaban J connectivity index is 0.000000303. The van der Waals surface area contributed by atoms with Gasteiger partial charge in [0.15, 0.2) is 6.29 Å². The number of para-hydroxylation sites is 1. The van der Waals surface area contributed by atoms with Crippen LogP contribution in [0.15, 0.2) is 72.8 Å². The molecule has 2 N–H and O–H groups in total. The average molecular weight is 509 g/mol. The predicted molar refractivity (Wildman–Crippen MR) is 157 cm³/mol. The Labute approximate surface area is 224 Å². The van der Waals surface area contributed by atoms with Crippen LogP contribution in [-0.4, -0.2) is 30.8 Å². The number of aryl methyl sites for hydroxylation is 3. The lowest BCUT2D eigenvalue weighted by molar-refractivity contribution is -0.141. The molecule has 4 heteroatoms. The minimum Gasteiger partial charge on any atom is -0.426 e. The van der Waals surface area contributed by atoms with E-state index in [1.165, 1.54) is 52.9 Å². The Hall–Kier alpha value is -2.98. The number of aliphatic hydroxyl groups is 2. The number of hydrogen-bond donors (Lipinski definition) is 1. The van der Waals surface area contributed by atoms with Gasteiger partial charge in [-0.15, -0.1) is 0 Å². The molecule has 3 rings (SSSR count). The lowest BCUT2D eigenvalue weighted by Gasteiger charge is -2.11. The second-order valence-corrected chi connectivity index (χ2v) is 9.32. The van der Waals surface area contributed by atoms with Gasteiger partial charge >= 0.3 is 0 Å². The van der Waals surface area contributed by atoms with E-state index < -0.39 is 0 Å². The summed E-state index contributed by atoms with van der Waals surface area (Å²) in [6.07, 6.45) is 6.11. The number of hydrogen-bond acceptors (Lipinski definition) is 2. The van der Waals surface area contributed by atoms with Gasteiger partial charge in [-0.3, -0.25) is 4.79 Å². The molecule has 0 aromatic heterocycles. The minimum absolute atomic E-state index is 0.0865. The molecular weight excluding hydrogens is 461 g/mol. The summed E-state index contributed by atoms with van der Waals surface area (Å²) in [5, 5.41) is 3.16. The van der Waals surface area contributed by atoms with E-state index in [0.29, 0.717) is 5.92 Å². The number of carbonyl (C=O) groups excluding carboxylic acids is 1. The van der Waals surface area contributed by atoms with Crippen molar-refractivity contribution in [1.82, 2.24) is 0 Å². The number of halogens is 1. The lowest BCUT2D eigenvalue weighted by atomic mass is 9.96. The fraction of sp³-hybridized carbons (Fsp3) is 0.424. The van der Waals surface area contributed by atoms with E-state index >= 15 is 0 Å². The molecule has 202 valence electrons. The molecule has 0 amide bonds. The number of carbonyl (C=O) groups is 1. The topological polar surface area (TPSA) is 41.9 Å². The van der Waals surface area contributed by atoms with E-state index in [0.717, 1.165) is 32.2 Å². The van der Waals surface area contributed by atoms with Crippen LogP contribution in [0.1, 0.15) is 74.6 Å². The number of anilines is 1. The highest BCUT2D eigenvalue weighted by atomic mass is 19.1. The van der Waals surface area contributed by atoms with E-state index in [9.17, 15) is 9.18 Å². The van der Waals surface area contributed by atoms with Gasteiger partial charge in [-0.25, -0.2) is 4.39 Å². The van der Waals surface area contributed by atoms with E-state index in [1.54, 1.807) is 12.1 Å². The predicted octanol–water partition coefficient (Wildman–Crippen LogP) is 8.20. The Kier molecular flexibility index (Phi) is 16.6. The lowest BCUT2D eigenvalue weighted by Crippen LogP contribution is -2.18. The van der Waals surface area contributed by atoms with Crippen molar-refractivity contribution in [2.45, 2.75) is 78.7 Å². The molecule has 0 radical (unpaired) electrons. The Morgan fingerprint density at radius 2 is 1.51 bits per heavy atom. The standard InChI is InChI=1S/C16H24O2.C9H13N.C8H9F/c1-3-16(13-17)18-12-8-7-9-14(2)15-10-5-4-6-11-15;1-7-5-4-6-8(2)9(7)10-3;1-2-7-3-5-8(9)6-4-7/h4-6,10-11,13-14,16H,3,7-9,12H2,1-2H3;4-6,10H,1-3H3;3-6H,2H2,1H3/p+1. The largest absolute Gasteiger partial charge is 0.426 e. The van der Waals surface area contributed by atoms with E-state index in [2.05, 4.69) is 79.4 Å². The highest BCUT2D eigenvalue weighted by molar-refractivity contribution is 5.56. The van der Waals surface area contributed by atoms with Crippen LogP contribution in [0.3, 0.4) is 0 Å². The second-order valence-electron chi connectivity index (χ2n) is 9.32. The van der Waals surface area contributed by atoms with Crippen molar-refractivity contribution < 1.29 is 13.9 Å². The van der Waals surface area contributed by atoms with Gasteiger partial charge in [0.25, 0.3) is 0 Å². The van der Waals surface area contributed by atoms with Crippen LogP contribution >= 0.6 is 0 Å². The summed E-state index contributed by atoms with van der Waals surface area (Å²) in [5.74, 6) is 0.450. The van der Waals surface area contributed by atoms with E-state index in [1.807, 2.05) is 20.9 Å². The van der Waals surface area contributed by atoms with Gasteiger partial charge in [-0.2, -0.15) is 0 Å². The molecule has 3 nitrogen and oxygen atoms in total. The molecule has 0 aliphatic heterocycles. The summed E-state index contributed by atoms with van der Waals surface area (Å²) < 4.78 is 16.6. The molecule has 0 heterocycles. The van der Waals surface area contributed by atoms with Crippen LogP contribution in [-0.2, 0) is 11.2 Å². The Bertz CT molecular complexity index is 969. The van der Waals surface area contributed by atoms with Crippen molar-refractivity contribution >= 4 is 12.0 Å². The second kappa shape index (κ2) is 19.2. The van der Waals surface area contributed by atoms with Crippen molar-refractivity contribution in [3.05, 3.63) is 101 Å². The molecule has 0 saturated heterocycles. The zero-order chi connectivity index (χ0) is 27.5. The molecule has 0 fully saturated rings.